The van der Waals surface area contributed by atoms with E-state index in [9.17, 15) is 23.1 Å². The van der Waals surface area contributed by atoms with Crippen LogP contribution in [0.3, 0.4) is 0 Å². The third kappa shape index (κ3) is 1.87. The lowest BCUT2D eigenvalue weighted by molar-refractivity contribution is -0.148. The second-order valence-electron chi connectivity index (χ2n) is 4.77. The summed E-state index contributed by atoms with van der Waals surface area (Å²) in [4.78, 5) is 11.3. The third-order valence-electron chi connectivity index (χ3n) is 3.71. The summed E-state index contributed by atoms with van der Waals surface area (Å²) in [5, 5.41) is 9.22. The summed E-state index contributed by atoms with van der Waals surface area (Å²) >= 11 is 0. The van der Waals surface area contributed by atoms with E-state index in [2.05, 4.69) is 0 Å². The van der Waals surface area contributed by atoms with Crippen molar-refractivity contribution in [1.29, 1.82) is 0 Å². The maximum atomic E-state index is 12.8. The predicted molar refractivity (Wildman–Crippen MR) is 59.3 cm³/mol. The molecular weight excluding hydrogens is 245 g/mol. The molecule has 0 unspecified atom stereocenters. The highest BCUT2D eigenvalue weighted by molar-refractivity contribution is 5.82. The minimum atomic E-state index is -4.44. The number of carboxylic acid groups (broad SMARTS) is 1. The van der Waals surface area contributed by atoms with Crippen LogP contribution in [-0.4, -0.2) is 11.1 Å². The van der Waals surface area contributed by atoms with Gasteiger partial charge in [-0.1, -0.05) is 18.6 Å². The van der Waals surface area contributed by atoms with E-state index in [0.717, 1.165) is 12.5 Å². The van der Waals surface area contributed by atoms with Crippen molar-refractivity contribution in [3.8, 4) is 0 Å². The largest absolute Gasteiger partial charge is 0.481 e. The van der Waals surface area contributed by atoms with E-state index < -0.39 is 23.1 Å². The Balaban J connectivity index is 2.51. The molecule has 1 saturated carbocycles. The summed E-state index contributed by atoms with van der Waals surface area (Å²) in [6, 6.07) is 3.83. The molecule has 0 heterocycles. The number of alkyl halides is 3. The molecule has 18 heavy (non-hydrogen) atoms. The van der Waals surface area contributed by atoms with Gasteiger partial charge in [0.1, 0.15) is 0 Å². The normalized spacial score (nSPS) is 18.2. The van der Waals surface area contributed by atoms with Crippen molar-refractivity contribution in [2.45, 2.75) is 37.8 Å². The van der Waals surface area contributed by atoms with Crippen molar-refractivity contribution in [2.24, 2.45) is 0 Å². The minimum Gasteiger partial charge on any atom is -0.481 e. The number of aryl methyl sites for hydroxylation is 1. The summed E-state index contributed by atoms with van der Waals surface area (Å²) in [6.07, 6.45) is -2.89. The van der Waals surface area contributed by atoms with Gasteiger partial charge in [-0.05, 0) is 37.0 Å². The topological polar surface area (TPSA) is 37.3 Å². The SMILES string of the molecule is Cc1ccc(C2(C(=O)O)CCC2)cc1C(F)(F)F. The van der Waals surface area contributed by atoms with Gasteiger partial charge in [0.25, 0.3) is 0 Å². The van der Waals surface area contributed by atoms with Crippen LogP contribution < -0.4 is 0 Å². The van der Waals surface area contributed by atoms with Crippen molar-refractivity contribution >= 4 is 5.97 Å². The molecule has 0 saturated heterocycles. The van der Waals surface area contributed by atoms with Crippen LogP contribution in [0.1, 0.15) is 36.0 Å². The Kier molecular flexibility index (Phi) is 2.87. The number of halogens is 3. The van der Waals surface area contributed by atoms with Gasteiger partial charge in [-0.3, -0.25) is 4.79 Å². The minimum absolute atomic E-state index is 0.117. The van der Waals surface area contributed by atoms with Crippen LogP contribution in [0.5, 0.6) is 0 Å². The van der Waals surface area contributed by atoms with Gasteiger partial charge in [0, 0.05) is 0 Å². The number of hydrogen-bond acceptors (Lipinski definition) is 1. The first-order valence-electron chi connectivity index (χ1n) is 5.69. The Morgan fingerprint density at radius 3 is 2.33 bits per heavy atom. The Morgan fingerprint density at radius 1 is 1.33 bits per heavy atom. The monoisotopic (exact) mass is 258 g/mol. The molecule has 1 aromatic rings. The highest BCUT2D eigenvalue weighted by Crippen LogP contribution is 2.45. The maximum absolute atomic E-state index is 12.8. The highest BCUT2D eigenvalue weighted by Gasteiger charge is 2.47. The van der Waals surface area contributed by atoms with Crippen molar-refractivity contribution in [3.63, 3.8) is 0 Å². The summed E-state index contributed by atoms with van der Waals surface area (Å²) in [7, 11) is 0. The smallest absolute Gasteiger partial charge is 0.416 e. The van der Waals surface area contributed by atoms with Crippen LogP contribution in [0.25, 0.3) is 0 Å². The molecule has 1 aromatic carbocycles. The van der Waals surface area contributed by atoms with Crippen molar-refractivity contribution in [2.75, 3.05) is 0 Å². The lowest BCUT2D eigenvalue weighted by Gasteiger charge is -2.38. The van der Waals surface area contributed by atoms with Gasteiger partial charge in [-0.2, -0.15) is 13.2 Å². The standard InChI is InChI=1S/C13H13F3O2/c1-8-3-4-9(7-10(8)13(14,15)16)12(11(17)18)5-2-6-12/h3-4,7H,2,5-6H2,1H3,(H,17,18). The first-order chi connectivity index (χ1) is 8.27. The molecule has 0 radical (unpaired) electrons. The number of carboxylic acids is 1. The number of carbonyl (C=O) groups is 1. The number of aliphatic carboxylic acids is 1. The van der Waals surface area contributed by atoms with Gasteiger partial charge < -0.3 is 5.11 Å². The molecule has 1 aliphatic carbocycles. The van der Waals surface area contributed by atoms with E-state index in [1.807, 2.05) is 0 Å². The summed E-state index contributed by atoms with van der Waals surface area (Å²) in [5.41, 5.74) is -1.48. The lowest BCUT2D eigenvalue weighted by Crippen LogP contribution is -2.42. The average molecular weight is 258 g/mol. The summed E-state index contributed by atoms with van der Waals surface area (Å²) < 4.78 is 38.4. The Bertz CT molecular complexity index is 487. The van der Waals surface area contributed by atoms with Crippen LogP contribution in [0.15, 0.2) is 18.2 Å². The molecule has 5 heteroatoms. The first kappa shape index (κ1) is 12.9. The van der Waals surface area contributed by atoms with E-state index in [1.54, 1.807) is 0 Å². The molecule has 2 rings (SSSR count). The van der Waals surface area contributed by atoms with Crippen LogP contribution in [0, 0.1) is 6.92 Å². The summed E-state index contributed by atoms with van der Waals surface area (Å²) in [6.45, 7) is 1.38. The van der Waals surface area contributed by atoms with Gasteiger partial charge in [0.2, 0.25) is 0 Å². The lowest BCUT2D eigenvalue weighted by atomic mass is 9.64. The molecule has 0 aliphatic heterocycles. The van der Waals surface area contributed by atoms with E-state index in [-0.39, 0.29) is 11.1 Å². The Hall–Kier alpha value is -1.52. The molecule has 1 N–H and O–H groups in total. The number of rotatable bonds is 2. The fraction of sp³-hybridized carbons (Fsp3) is 0.462. The van der Waals surface area contributed by atoms with Crippen molar-refractivity contribution in [3.05, 3.63) is 34.9 Å². The second-order valence-corrected chi connectivity index (χ2v) is 4.77. The molecule has 2 nitrogen and oxygen atoms in total. The Labute approximate surface area is 102 Å². The van der Waals surface area contributed by atoms with Crippen LogP contribution in [0.4, 0.5) is 13.2 Å². The molecule has 0 spiro atoms. The molecule has 1 aliphatic rings. The quantitative estimate of drug-likeness (QED) is 0.881. The zero-order chi connectivity index (χ0) is 13.6. The molecule has 98 valence electrons. The molecule has 0 aromatic heterocycles. The highest BCUT2D eigenvalue weighted by atomic mass is 19.4. The molecular formula is C13H13F3O2. The third-order valence-corrected chi connectivity index (χ3v) is 3.71. The fourth-order valence-corrected chi connectivity index (χ4v) is 2.38. The fourth-order valence-electron chi connectivity index (χ4n) is 2.38. The van der Waals surface area contributed by atoms with Gasteiger partial charge in [0.05, 0.1) is 11.0 Å². The van der Waals surface area contributed by atoms with Crippen molar-refractivity contribution in [1.82, 2.24) is 0 Å². The van der Waals surface area contributed by atoms with E-state index in [0.29, 0.717) is 12.8 Å². The maximum Gasteiger partial charge on any atom is 0.416 e. The van der Waals surface area contributed by atoms with Crippen molar-refractivity contribution < 1.29 is 23.1 Å². The van der Waals surface area contributed by atoms with Gasteiger partial charge in [-0.25, -0.2) is 0 Å². The molecule has 0 bridgehead atoms. The number of benzene rings is 1. The second kappa shape index (κ2) is 4.00. The van der Waals surface area contributed by atoms with Crippen LogP contribution in [-0.2, 0) is 16.4 Å². The summed E-state index contributed by atoms with van der Waals surface area (Å²) in [5.74, 6) is -1.04. The van der Waals surface area contributed by atoms with Gasteiger partial charge in [-0.15, -0.1) is 0 Å². The Morgan fingerprint density at radius 2 is 1.94 bits per heavy atom. The van der Waals surface area contributed by atoms with Crippen LogP contribution >= 0.6 is 0 Å². The first-order valence-corrected chi connectivity index (χ1v) is 5.69. The van der Waals surface area contributed by atoms with E-state index in [1.165, 1.54) is 19.1 Å². The van der Waals surface area contributed by atoms with Gasteiger partial charge >= 0.3 is 12.1 Å². The molecule has 1 fully saturated rings. The zero-order valence-electron chi connectivity index (χ0n) is 9.84. The van der Waals surface area contributed by atoms with E-state index in [4.69, 9.17) is 0 Å². The predicted octanol–water partition coefficient (Wildman–Crippen LogP) is 3.52. The molecule has 0 atom stereocenters. The van der Waals surface area contributed by atoms with Crippen LogP contribution in [0.2, 0.25) is 0 Å². The van der Waals surface area contributed by atoms with Gasteiger partial charge in [0.15, 0.2) is 0 Å². The molecule has 0 amide bonds. The zero-order valence-corrected chi connectivity index (χ0v) is 9.84. The number of hydrogen-bond donors (Lipinski definition) is 1. The average Bonchev–Trinajstić information content (AvgIpc) is 2.16. The van der Waals surface area contributed by atoms with E-state index >= 15 is 0 Å².